The minimum Gasteiger partial charge on any atom is -0.491 e. The number of amides is 2. The lowest BCUT2D eigenvalue weighted by atomic mass is 10.1. The zero-order chi connectivity index (χ0) is 23.0. The van der Waals surface area contributed by atoms with Crippen LogP contribution in [-0.2, 0) is 19.1 Å². The Morgan fingerprint density at radius 3 is 1.34 bits per heavy atom. The number of nitrogens with one attached hydrogen (secondary N) is 2. The van der Waals surface area contributed by atoms with Crippen molar-refractivity contribution >= 4 is 23.2 Å². The normalized spacial score (nSPS) is 10.4. The molecule has 8 nitrogen and oxygen atoms in total. The number of methoxy groups -OCH3 is 2. The van der Waals surface area contributed by atoms with Crippen LogP contribution in [0.25, 0.3) is 0 Å². The largest absolute Gasteiger partial charge is 0.491 e. The summed E-state index contributed by atoms with van der Waals surface area (Å²) in [4.78, 5) is 24.2. The number of carbonyl (C=O) groups excluding carboxylic acids is 2. The van der Waals surface area contributed by atoms with Gasteiger partial charge in [-0.25, -0.2) is 0 Å². The maximum Gasteiger partial charge on any atom is 0.224 e. The van der Waals surface area contributed by atoms with Gasteiger partial charge in [0.1, 0.15) is 24.7 Å². The predicted molar refractivity (Wildman–Crippen MR) is 123 cm³/mol. The fraction of sp³-hybridized carbons (Fsp3) is 0.417. The first-order valence-corrected chi connectivity index (χ1v) is 10.6. The molecular weight excluding hydrogens is 412 g/mol. The van der Waals surface area contributed by atoms with Crippen LogP contribution < -0.4 is 20.1 Å². The first-order chi connectivity index (χ1) is 15.6. The standard InChI is InChI=1S/C24H32N2O6/c1-29-15-17-31-21-11-7-19(8-12-21)25-23(27)5-3-4-6-24(28)26-20-9-13-22(14-10-20)32-18-16-30-2/h7-14H,3-6,15-18H2,1-2H3,(H,25,27)(H,26,28). The van der Waals surface area contributed by atoms with Crippen LogP contribution in [0.2, 0.25) is 0 Å². The summed E-state index contributed by atoms with van der Waals surface area (Å²) >= 11 is 0. The van der Waals surface area contributed by atoms with E-state index in [1.807, 2.05) is 0 Å². The highest BCUT2D eigenvalue weighted by molar-refractivity contribution is 5.91. The molecule has 0 bridgehead atoms. The molecule has 2 aromatic carbocycles. The van der Waals surface area contributed by atoms with Gasteiger partial charge in [-0.1, -0.05) is 0 Å². The Morgan fingerprint density at radius 1 is 0.625 bits per heavy atom. The average Bonchev–Trinajstić information content (AvgIpc) is 2.79. The molecule has 2 aromatic rings. The minimum atomic E-state index is -0.0810. The molecule has 0 radical (unpaired) electrons. The van der Waals surface area contributed by atoms with E-state index in [4.69, 9.17) is 18.9 Å². The second kappa shape index (κ2) is 14.8. The van der Waals surface area contributed by atoms with Crippen LogP contribution in [0.5, 0.6) is 11.5 Å². The lowest BCUT2D eigenvalue weighted by Crippen LogP contribution is -2.13. The van der Waals surface area contributed by atoms with Gasteiger partial charge in [0.05, 0.1) is 13.2 Å². The number of anilines is 2. The number of ether oxygens (including phenoxy) is 4. The molecule has 0 unspecified atom stereocenters. The van der Waals surface area contributed by atoms with Gasteiger partial charge in [0.15, 0.2) is 0 Å². The van der Waals surface area contributed by atoms with Gasteiger partial charge in [-0.05, 0) is 61.4 Å². The third-order valence-electron chi connectivity index (χ3n) is 4.45. The van der Waals surface area contributed by atoms with Crippen LogP contribution in [-0.4, -0.2) is 52.5 Å². The molecule has 0 saturated carbocycles. The Kier molecular flexibility index (Phi) is 11.7. The van der Waals surface area contributed by atoms with E-state index in [2.05, 4.69) is 10.6 Å². The first kappa shape index (κ1) is 25.2. The third-order valence-corrected chi connectivity index (χ3v) is 4.45. The molecule has 174 valence electrons. The van der Waals surface area contributed by atoms with Gasteiger partial charge in [-0.2, -0.15) is 0 Å². The summed E-state index contributed by atoms with van der Waals surface area (Å²) in [6, 6.07) is 14.4. The maximum absolute atomic E-state index is 12.1. The third kappa shape index (κ3) is 10.3. The molecule has 0 fully saturated rings. The van der Waals surface area contributed by atoms with Crippen LogP contribution >= 0.6 is 0 Å². The smallest absolute Gasteiger partial charge is 0.224 e. The van der Waals surface area contributed by atoms with E-state index in [0.717, 1.165) is 11.5 Å². The lowest BCUT2D eigenvalue weighted by Gasteiger charge is -2.09. The van der Waals surface area contributed by atoms with Crippen LogP contribution in [0.3, 0.4) is 0 Å². The molecule has 0 aliphatic carbocycles. The molecule has 0 atom stereocenters. The van der Waals surface area contributed by atoms with Crippen LogP contribution in [0.4, 0.5) is 11.4 Å². The summed E-state index contributed by atoms with van der Waals surface area (Å²) in [5.74, 6) is 1.28. The highest BCUT2D eigenvalue weighted by Crippen LogP contribution is 2.17. The molecule has 2 rings (SSSR count). The fourth-order valence-corrected chi connectivity index (χ4v) is 2.77. The molecule has 2 amide bonds. The van der Waals surface area contributed by atoms with E-state index < -0.39 is 0 Å². The summed E-state index contributed by atoms with van der Waals surface area (Å²) in [6.07, 6.45) is 1.97. The zero-order valence-corrected chi connectivity index (χ0v) is 18.7. The molecule has 0 spiro atoms. The van der Waals surface area contributed by atoms with E-state index in [9.17, 15) is 9.59 Å². The number of unbranched alkanes of at least 4 members (excludes halogenated alkanes) is 1. The van der Waals surface area contributed by atoms with Crippen molar-refractivity contribution in [1.82, 2.24) is 0 Å². The van der Waals surface area contributed by atoms with Gasteiger partial charge in [-0.3, -0.25) is 9.59 Å². The summed E-state index contributed by atoms with van der Waals surface area (Å²) in [6.45, 7) is 1.99. The average molecular weight is 445 g/mol. The molecule has 0 saturated heterocycles. The molecule has 2 N–H and O–H groups in total. The SMILES string of the molecule is COCCOc1ccc(NC(=O)CCCCC(=O)Nc2ccc(OCCOC)cc2)cc1. The Labute approximate surface area is 189 Å². The molecule has 0 aromatic heterocycles. The first-order valence-electron chi connectivity index (χ1n) is 10.6. The predicted octanol–water partition coefficient (Wildman–Crippen LogP) is 3.87. The van der Waals surface area contributed by atoms with Gasteiger partial charge in [0, 0.05) is 38.4 Å². The van der Waals surface area contributed by atoms with Crippen molar-refractivity contribution in [2.75, 3.05) is 51.3 Å². The van der Waals surface area contributed by atoms with Gasteiger partial charge in [-0.15, -0.1) is 0 Å². The molecule has 0 aliphatic rings. The molecule has 0 aliphatic heterocycles. The summed E-state index contributed by atoms with van der Waals surface area (Å²) in [7, 11) is 3.24. The molecule has 32 heavy (non-hydrogen) atoms. The zero-order valence-electron chi connectivity index (χ0n) is 18.7. The van der Waals surface area contributed by atoms with E-state index in [0.29, 0.717) is 63.5 Å². The fourth-order valence-electron chi connectivity index (χ4n) is 2.77. The monoisotopic (exact) mass is 444 g/mol. The van der Waals surface area contributed by atoms with E-state index in [1.54, 1.807) is 62.8 Å². The van der Waals surface area contributed by atoms with E-state index in [-0.39, 0.29) is 11.8 Å². The minimum absolute atomic E-state index is 0.0810. The summed E-state index contributed by atoms with van der Waals surface area (Å²) < 4.78 is 20.9. The van der Waals surface area contributed by atoms with Crippen molar-refractivity contribution in [3.63, 3.8) is 0 Å². The number of rotatable bonds is 15. The van der Waals surface area contributed by atoms with Crippen molar-refractivity contribution in [3.05, 3.63) is 48.5 Å². The van der Waals surface area contributed by atoms with Crippen LogP contribution in [0, 0.1) is 0 Å². The second-order valence-corrected chi connectivity index (χ2v) is 7.03. The number of hydrogen-bond donors (Lipinski definition) is 2. The number of hydrogen-bond acceptors (Lipinski definition) is 6. The Hall–Kier alpha value is -3.10. The highest BCUT2D eigenvalue weighted by Gasteiger charge is 2.06. The van der Waals surface area contributed by atoms with Gasteiger partial charge in [0.25, 0.3) is 0 Å². The van der Waals surface area contributed by atoms with Gasteiger partial charge >= 0.3 is 0 Å². The Balaban J connectivity index is 1.60. The molecule has 8 heteroatoms. The van der Waals surface area contributed by atoms with Crippen molar-refractivity contribution in [3.8, 4) is 11.5 Å². The molecular formula is C24H32N2O6. The number of carbonyl (C=O) groups is 2. The van der Waals surface area contributed by atoms with E-state index >= 15 is 0 Å². The summed E-state index contributed by atoms with van der Waals surface area (Å²) in [5, 5.41) is 5.70. The molecule has 0 heterocycles. The number of benzene rings is 2. The Morgan fingerprint density at radius 2 is 1.00 bits per heavy atom. The van der Waals surface area contributed by atoms with Crippen molar-refractivity contribution in [1.29, 1.82) is 0 Å². The highest BCUT2D eigenvalue weighted by atomic mass is 16.5. The van der Waals surface area contributed by atoms with Gasteiger partial charge < -0.3 is 29.6 Å². The van der Waals surface area contributed by atoms with Crippen molar-refractivity contribution < 1.29 is 28.5 Å². The van der Waals surface area contributed by atoms with Gasteiger partial charge in [0.2, 0.25) is 11.8 Å². The van der Waals surface area contributed by atoms with Crippen LogP contribution in [0.15, 0.2) is 48.5 Å². The maximum atomic E-state index is 12.1. The van der Waals surface area contributed by atoms with Crippen molar-refractivity contribution in [2.45, 2.75) is 25.7 Å². The lowest BCUT2D eigenvalue weighted by molar-refractivity contribution is -0.118. The quantitative estimate of drug-likeness (QED) is 0.405. The van der Waals surface area contributed by atoms with Crippen molar-refractivity contribution in [2.24, 2.45) is 0 Å². The topological polar surface area (TPSA) is 95.1 Å². The van der Waals surface area contributed by atoms with E-state index in [1.165, 1.54) is 0 Å². The van der Waals surface area contributed by atoms with Crippen LogP contribution in [0.1, 0.15) is 25.7 Å². The summed E-state index contributed by atoms with van der Waals surface area (Å²) in [5.41, 5.74) is 1.42. The Bertz CT molecular complexity index is 739. The second-order valence-electron chi connectivity index (χ2n) is 7.03.